The van der Waals surface area contributed by atoms with Crippen molar-refractivity contribution < 1.29 is 9.53 Å². The Balaban J connectivity index is 1.35. The van der Waals surface area contributed by atoms with Crippen LogP contribution in [0, 0.1) is 23.2 Å². The van der Waals surface area contributed by atoms with Gasteiger partial charge in [-0.3, -0.25) is 4.79 Å². The molecule has 0 aromatic heterocycles. The summed E-state index contributed by atoms with van der Waals surface area (Å²) in [6, 6.07) is 20.4. The van der Waals surface area contributed by atoms with Crippen molar-refractivity contribution in [2.45, 2.75) is 57.5 Å². The molecule has 4 fully saturated rings. The molecule has 2 aromatic carbocycles. The summed E-state index contributed by atoms with van der Waals surface area (Å²) in [6.07, 6.45) is 9.26. The Kier molecular flexibility index (Phi) is 4.74. The third-order valence-electron chi connectivity index (χ3n) is 7.51. The van der Waals surface area contributed by atoms with Crippen molar-refractivity contribution in [3.8, 4) is 0 Å². The summed E-state index contributed by atoms with van der Waals surface area (Å²) < 4.78 is 5.82. The number of hydrogen-bond acceptors (Lipinski definition) is 2. The molecule has 4 saturated carbocycles. The quantitative estimate of drug-likeness (QED) is 0.569. The zero-order valence-corrected chi connectivity index (χ0v) is 16.6. The molecule has 146 valence electrons. The zero-order chi connectivity index (χ0) is 19.0. The zero-order valence-electron chi connectivity index (χ0n) is 16.6. The van der Waals surface area contributed by atoms with E-state index in [4.69, 9.17) is 4.74 Å². The second kappa shape index (κ2) is 7.39. The second-order valence-electron chi connectivity index (χ2n) is 9.68. The van der Waals surface area contributed by atoms with Gasteiger partial charge in [-0.15, -0.1) is 0 Å². The molecule has 28 heavy (non-hydrogen) atoms. The van der Waals surface area contributed by atoms with Gasteiger partial charge in [0.15, 0.2) is 0 Å². The first-order valence-corrected chi connectivity index (χ1v) is 10.9. The van der Waals surface area contributed by atoms with Gasteiger partial charge in [-0.1, -0.05) is 60.7 Å². The molecule has 0 unspecified atom stereocenters. The maximum atomic E-state index is 13.2. The largest absolute Gasteiger partial charge is 0.460 e. The maximum absolute atomic E-state index is 13.2. The molecule has 0 radical (unpaired) electrons. The molecule has 2 nitrogen and oxygen atoms in total. The van der Waals surface area contributed by atoms with Crippen molar-refractivity contribution >= 4 is 5.97 Å². The fourth-order valence-corrected chi connectivity index (χ4v) is 6.82. The average molecular weight is 375 g/mol. The third kappa shape index (κ3) is 3.62. The highest BCUT2D eigenvalue weighted by Gasteiger charge is 2.52. The van der Waals surface area contributed by atoms with E-state index in [1.807, 2.05) is 48.5 Å². The SMILES string of the molecule is O=C(OCc1ccccc1)[C@H](CC12CC3CC(CC(C3)C1)C2)c1ccccc1. The lowest BCUT2D eigenvalue weighted by atomic mass is 9.48. The summed E-state index contributed by atoms with van der Waals surface area (Å²) in [4.78, 5) is 13.2. The molecule has 2 heteroatoms. The summed E-state index contributed by atoms with van der Waals surface area (Å²) in [5, 5.41) is 0. The van der Waals surface area contributed by atoms with Crippen LogP contribution in [0.5, 0.6) is 0 Å². The van der Waals surface area contributed by atoms with Gasteiger partial charge in [0.25, 0.3) is 0 Å². The molecular formula is C26H30O2. The van der Waals surface area contributed by atoms with E-state index in [2.05, 4.69) is 12.1 Å². The smallest absolute Gasteiger partial charge is 0.313 e. The molecule has 2 aromatic rings. The first-order chi connectivity index (χ1) is 13.7. The van der Waals surface area contributed by atoms with Crippen LogP contribution in [0.3, 0.4) is 0 Å². The van der Waals surface area contributed by atoms with E-state index in [0.717, 1.165) is 35.3 Å². The van der Waals surface area contributed by atoms with Crippen LogP contribution < -0.4 is 0 Å². The first kappa shape index (κ1) is 18.0. The number of carbonyl (C=O) groups excluding carboxylic acids is 1. The minimum Gasteiger partial charge on any atom is -0.460 e. The van der Waals surface area contributed by atoms with Crippen LogP contribution in [-0.2, 0) is 16.1 Å². The number of esters is 1. The van der Waals surface area contributed by atoms with Gasteiger partial charge in [0.1, 0.15) is 6.61 Å². The fourth-order valence-electron chi connectivity index (χ4n) is 6.82. The van der Waals surface area contributed by atoms with Crippen molar-refractivity contribution in [2.24, 2.45) is 23.2 Å². The standard InChI is InChI=1S/C26H30O2/c27-25(28-18-19-7-3-1-4-8-19)24(23-9-5-2-6-10-23)17-26-14-20-11-21(15-26)13-22(12-20)16-26/h1-10,20-22,24H,11-18H2/t20?,21?,22?,24-,26?/m1/s1. The van der Waals surface area contributed by atoms with Crippen molar-refractivity contribution in [2.75, 3.05) is 0 Å². The lowest BCUT2D eigenvalue weighted by molar-refractivity contribution is -0.149. The van der Waals surface area contributed by atoms with E-state index in [1.54, 1.807) is 0 Å². The minimum atomic E-state index is -0.138. The lowest BCUT2D eigenvalue weighted by Gasteiger charge is -2.57. The Morgan fingerprint density at radius 1 is 0.857 bits per heavy atom. The predicted octanol–water partition coefficient (Wildman–Crippen LogP) is 6.12. The lowest BCUT2D eigenvalue weighted by Crippen LogP contribution is -2.47. The van der Waals surface area contributed by atoms with Crippen LogP contribution in [0.25, 0.3) is 0 Å². The highest BCUT2D eigenvalue weighted by atomic mass is 16.5. The van der Waals surface area contributed by atoms with Gasteiger partial charge in [0.05, 0.1) is 5.92 Å². The van der Waals surface area contributed by atoms with E-state index in [0.29, 0.717) is 12.0 Å². The molecule has 6 rings (SSSR count). The van der Waals surface area contributed by atoms with E-state index < -0.39 is 0 Å². The second-order valence-corrected chi connectivity index (χ2v) is 9.68. The molecular weight excluding hydrogens is 344 g/mol. The maximum Gasteiger partial charge on any atom is 0.313 e. The Morgan fingerprint density at radius 3 is 1.96 bits per heavy atom. The summed E-state index contributed by atoms with van der Waals surface area (Å²) in [5.74, 6) is 2.53. The van der Waals surface area contributed by atoms with Gasteiger partial charge in [-0.25, -0.2) is 0 Å². The highest BCUT2D eigenvalue weighted by Crippen LogP contribution is 2.62. The number of rotatable bonds is 6. The summed E-state index contributed by atoms with van der Waals surface area (Å²) in [6.45, 7) is 0.365. The van der Waals surface area contributed by atoms with Crippen molar-refractivity contribution in [3.63, 3.8) is 0 Å². The Hall–Kier alpha value is -2.09. The van der Waals surface area contributed by atoms with Gasteiger partial charge >= 0.3 is 5.97 Å². The molecule has 4 aliphatic rings. The Morgan fingerprint density at radius 2 is 1.39 bits per heavy atom. The number of hydrogen-bond donors (Lipinski definition) is 0. The van der Waals surface area contributed by atoms with Crippen LogP contribution >= 0.6 is 0 Å². The molecule has 0 spiro atoms. The number of benzene rings is 2. The molecule has 1 atom stereocenters. The van der Waals surface area contributed by atoms with Gasteiger partial charge in [0.2, 0.25) is 0 Å². The van der Waals surface area contributed by atoms with E-state index in [9.17, 15) is 4.79 Å². The number of ether oxygens (including phenoxy) is 1. The van der Waals surface area contributed by atoms with Crippen LogP contribution in [0.15, 0.2) is 60.7 Å². The highest BCUT2D eigenvalue weighted by molar-refractivity contribution is 5.78. The van der Waals surface area contributed by atoms with Crippen molar-refractivity contribution in [1.82, 2.24) is 0 Å². The van der Waals surface area contributed by atoms with Gasteiger partial charge in [0, 0.05) is 0 Å². The first-order valence-electron chi connectivity index (χ1n) is 10.9. The van der Waals surface area contributed by atoms with E-state index in [-0.39, 0.29) is 11.9 Å². The van der Waals surface area contributed by atoms with E-state index >= 15 is 0 Å². The van der Waals surface area contributed by atoms with Crippen LogP contribution in [-0.4, -0.2) is 5.97 Å². The normalized spacial score (nSPS) is 31.5. The number of carbonyl (C=O) groups is 1. The fraction of sp³-hybridized carbons (Fsp3) is 0.500. The molecule has 0 saturated heterocycles. The monoisotopic (exact) mass is 374 g/mol. The molecule has 0 heterocycles. The van der Waals surface area contributed by atoms with Gasteiger partial charge in [-0.2, -0.15) is 0 Å². The predicted molar refractivity (Wildman–Crippen MR) is 111 cm³/mol. The molecule has 0 aliphatic heterocycles. The Bertz CT molecular complexity index is 776. The Labute approximate surface area is 168 Å². The summed E-state index contributed by atoms with van der Waals surface area (Å²) >= 11 is 0. The van der Waals surface area contributed by atoms with Crippen molar-refractivity contribution in [3.05, 3.63) is 71.8 Å². The van der Waals surface area contributed by atoms with Crippen LogP contribution in [0.4, 0.5) is 0 Å². The molecule has 4 bridgehead atoms. The summed E-state index contributed by atoms with van der Waals surface area (Å²) in [5.41, 5.74) is 2.54. The van der Waals surface area contributed by atoms with Crippen LogP contribution in [0.1, 0.15) is 62.0 Å². The minimum absolute atomic E-state index is 0.0502. The molecule has 0 N–H and O–H groups in total. The topological polar surface area (TPSA) is 26.3 Å². The average Bonchev–Trinajstić information content (AvgIpc) is 2.71. The van der Waals surface area contributed by atoms with E-state index in [1.165, 1.54) is 38.5 Å². The van der Waals surface area contributed by atoms with Crippen LogP contribution in [0.2, 0.25) is 0 Å². The third-order valence-corrected chi connectivity index (χ3v) is 7.51. The van der Waals surface area contributed by atoms with Gasteiger partial charge in [-0.05, 0) is 79.2 Å². The molecule has 4 aliphatic carbocycles. The molecule has 0 amide bonds. The van der Waals surface area contributed by atoms with Gasteiger partial charge < -0.3 is 4.74 Å². The summed E-state index contributed by atoms with van der Waals surface area (Å²) in [7, 11) is 0. The van der Waals surface area contributed by atoms with Crippen molar-refractivity contribution in [1.29, 1.82) is 0 Å².